The lowest BCUT2D eigenvalue weighted by molar-refractivity contribution is 0.240. The maximum Gasteiger partial charge on any atom is 0.264 e. The summed E-state index contributed by atoms with van der Waals surface area (Å²) in [6, 6.07) is 5.88. The summed E-state index contributed by atoms with van der Waals surface area (Å²) in [5.74, 6) is 1.83. The van der Waals surface area contributed by atoms with Crippen molar-refractivity contribution in [3.8, 4) is 5.75 Å². The van der Waals surface area contributed by atoms with Gasteiger partial charge in [-0.15, -0.1) is 0 Å². The molecule has 1 heterocycles. The number of hydrogen-bond donors (Lipinski definition) is 1. The molecule has 0 saturated heterocycles. The van der Waals surface area contributed by atoms with E-state index in [4.69, 9.17) is 15.0 Å². The van der Waals surface area contributed by atoms with Crippen LogP contribution in [-0.2, 0) is 6.61 Å². The normalized spacial score (nSPS) is 12.4. The highest BCUT2D eigenvalue weighted by Crippen LogP contribution is 2.25. The summed E-state index contributed by atoms with van der Waals surface area (Å²) in [6.07, 6.45) is 0. The van der Waals surface area contributed by atoms with Crippen molar-refractivity contribution in [3.63, 3.8) is 0 Å². The Hall–Kier alpha value is -1.88. The van der Waals surface area contributed by atoms with Crippen LogP contribution < -0.4 is 10.5 Å². The Balaban J connectivity index is 2.15. The molecule has 1 aromatic carbocycles. The molecule has 0 aliphatic rings. The third kappa shape index (κ3) is 2.87. The Labute approximate surface area is 106 Å². The van der Waals surface area contributed by atoms with E-state index in [2.05, 4.69) is 10.1 Å². The summed E-state index contributed by atoms with van der Waals surface area (Å²) in [5, 5.41) is 3.71. The summed E-state index contributed by atoms with van der Waals surface area (Å²) in [4.78, 5) is 4.09. The first-order valence-electron chi connectivity index (χ1n) is 5.84. The van der Waals surface area contributed by atoms with Crippen LogP contribution in [0.4, 0.5) is 0 Å². The van der Waals surface area contributed by atoms with E-state index in [1.807, 2.05) is 32.0 Å². The molecule has 0 bridgehead atoms. The second-order valence-corrected chi connectivity index (χ2v) is 4.35. The van der Waals surface area contributed by atoms with Gasteiger partial charge in [0.2, 0.25) is 0 Å². The zero-order chi connectivity index (χ0) is 13.1. The maximum atomic E-state index is 5.91. The largest absolute Gasteiger partial charge is 0.483 e. The highest BCUT2D eigenvalue weighted by atomic mass is 16.5. The van der Waals surface area contributed by atoms with Crippen LogP contribution in [0.3, 0.4) is 0 Å². The molecule has 0 spiro atoms. The molecule has 2 N–H and O–H groups in total. The lowest BCUT2D eigenvalue weighted by Crippen LogP contribution is -2.08. The molecule has 5 heteroatoms. The molecule has 2 rings (SSSR count). The second-order valence-electron chi connectivity index (χ2n) is 4.35. The Morgan fingerprint density at radius 3 is 2.78 bits per heavy atom. The van der Waals surface area contributed by atoms with Crippen LogP contribution in [0.15, 0.2) is 22.7 Å². The number of nitrogens with zero attached hydrogens (tertiary/aromatic N) is 2. The topological polar surface area (TPSA) is 74.2 Å². The van der Waals surface area contributed by atoms with E-state index in [0.29, 0.717) is 11.7 Å². The average Bonchev–Trinajstić information content (AvgIpc) is 2.72. The van der Waals surface area contributed by atoms with Gasteiger partial charge in [-0.05, 0) is 32.4 Å². The standard InChI is InChI=1S/C13H17N3O2/c1-8-4-5-11(9(2)14)12(6-8)17-7-13-15-10(3)16-18-13/h4-6,9H,7,14H2,1-3H3/t9-/m1/s1. The van der Waals surface area contributed by atoms with Crippen LogP contribution >= 0.6 is 0 Å². The molecule has 96 valence electrons. The van der Waals surface area contributed by atoms with Crippen molar-refractivity contribution in [2.75, 3.05) is 0 Å². The van der Waals surface area contributed by atoms with Crippen molar-refractivity contribution >= 4 is 0 Å². The van der Waals surface area contributed by atoms with Gasteiger partial charge < -0.3 is 15.0 Å². The minimum absolute atomic E-state index is 0.0787. The van der Waals surface area contributed by atoms with Crippen LogP contribution in [0, 0.1) is 13.8 Å². The van der Waals surface area contributed by atoms with E-state index in [-0.39, 0.29) is 12.6 Å². The van der Waals surface area contributed by atoms with Crippen molar-refractivity contribution in [2.45, 2.75) is 33.4 Å². The maximum absolute atomic E-state index is 5.91. The van der Waals surface area contributed by atoms with Crippen molar-refractivity contribution in [1.82, 2.24) is 10.1 Å². The van der Waals surface area contributed by atoms with Crippen molar-refractivity contribution in [1.29, 1.82) is 0 Å². The first kappa shape index (κ1) is 12.6. The summed E-state index contributed by atoms with van der Waals surface area (Å²) in [6.45, 7) is 5.96. The predicted octanol–water partition coefficient (Wildman–Crippen LogP) is 2.29. The first-order chi connectivity index (χ1) is 8.56. The third-order valence-corrected chi connectivity index (χ3v) is 2.58. The van der Waals surface area contributed by atoms with E-state index in [1.54, 1.807) is 6.92 Å². The van der Waals surface area contributed by atoms with E-state index in [0.717, 1.165) is 16.9 Å². The van der Waals surface area contributed by atoms with Crippen molar-refractivity contribution < 1.29 is 9.26 Å². The molecule has 0 aliphatic heterocycles. The molecule has 18 heavy (non-hydrogen) atoms. The lowest BCUT2D eigenvalue weighted by Gasteiger charge is -2.13. The Kier molecular flexibility index (Phi) is 3.62. The smallest absolute Gasteiger partial charge is 0.264 e. The molecule has 0 amide bonds. The first-order valence-corrected chi connectivity index (χ1v) is 5.84. The number of aryl methyl sites for hydroxylation is 2. The molecule has 2 aromatic rings. The van der Waals surface area contributed by atoms with Crippen LogP contribution in [0.25, 0.3) is 0 Å². The number of rotatable bonds is 4. The summed E-state index contributed by atoms with van der Waals surface area (Å²) in [5.41, 5.74) is 8.00. The summed E-state index contributed by atoms with van der Waals surface area (Å²) >= 11 is 0. The molecule has 0 fully saturated rings. The van der Waals surface area contributed by atoms with Gasteiger partial charge in [0.1, 0.15) is 5.75 Å². The summed E-state index contributed by atoms with van der Waals surface area (Å²) < 4.78 is 10.7. The predicted molar refractivity (Wildman–Crippen MR) is 67.1 cm³/mol. The Morgan fingerprint density at radius 2 is 2.17 bits per heavy atom. The molecule has 0 unspecified atom stereocenters. The summed E-state index contributed by atoms with van der Waals surface area (Å²) in [7, 11) is 0. The van der Waals surface area contributed by atoms with Gasteiger partial charge in [0, 0.05) is 11.6 Å². The van der Waals surface area contributed by atoms with Gasteiger partial charge in [-0.25, -0.2) is 0 Å². The fraction of sp³-hybridized carbons (Fsp3) is 0.385. The fourth-order valence-corrected chi connectivity index (χ4v) is 1.68. The highest BCUT2D eigenvalue weighted by Gasteiger charge is 2.10. The van der Waals surface area contributed by atoms with Crippen molar-refractivity contribution in [3.05, 3.63) is 41.0 Å². The molecule has 0 radical (unpaired) electrons. The van der Waals surface area contributed by atoms with Crippen LogP contribution in [0.2, 0.25) is 0 Å². The Bertz CT molecular complexity index is 535. The molecular weight excluding hydrogens is 230 g/mol. The van der Waals surface area contributed by atoms with Gasteiger partial charge in [0.05, 0.1) is 0 Å². The van der Waals surface area contributed by atoms with Crippen LogP contribution in [0.1, 0.15) is 35.8 Å². The van der Waals surface area contributed by atoms with Crippen LogP contribution in [-0.4, -0.2) is 10.1 Å². The van der Waals surface area contributed by atoms with Gasteiger partial charge in [-0.1, -0.05) is 17.3 Å². The van der Waals surface area contributed by atoms with Gasteiger partial charge in [-0.2, -0.15) is 4.98 Å². The minimum atomic E-state index is -0.0787. The monoisotopic (exact) mass is 247 g/mol. The van der Waals surface area contributed by atoms with Gasteiger partial charge in [-0.3, -0.25) is 0 Å². The van der Waals surface area contributed by atoms with Gasteiger partial charge in [0.15, 0.2) is 12.4 Å². The third-order valence-electron chi connectivity index (χ3n) is 2.58. The van der Waals surface area contributed by atoms with Gasteiger partial charge in [0.25, 0.3) is 5.89 Å². The van der Waals surface area contributed by atoms with E-state index in [1.165, 1.54) is 0 Å². The van der Waals surface area contributed by atoms with Crippen molar-refractivity contribution in [2.24, 2.45) is 5.73 Å². The highest BCUT2D eigenvalue weighted by molar-refractivity contribution is 5.38. The number of ether oxygens (including phenoxy) is 1. The molecule has 0 saturated carbocycles. The van der Waals surface area contributed by atoms with E-state index >= 15 is 0 Å². The van der Waals surface area contributed by atoms with Crippen LogP contribution in [0.5, 0.6) is 5.75 Å². The second kappa shape index (κ2) is 5.18. The SMILES string of the molecule is Cc1ccc([C@@H](C)N)c(OCc2nc(C)no2)c1. The average molecular weight is 247 g/mol. The number of benzene rings is 1. The Morgan fingerprint density at radius 1 is 1.39 bits per heavy atom. The quantitative estimate of drug-likeness (QED) is 0.897. The number of aromatic nitrogens is 2. The number of hydrogen-bond acceptors (Lipinski definition) is 5. The zero-order valence-corrected chi connectivity index (χ0v) is 10.8. The molecule has 0 aliphatic carbocycles. The molecule has 5 nitrogen and oxygen atoms in total. The van der Waals surface area contributed by atoms with E-state index in [9.17, 15) is 0 Å². The minimum Gasteiger partial charge on any atom is -0.483 e. The van der Waals surface area contributed by atoms with Gasteiger partial charge >= 0.3 is 0 Å². The molecule has 1 atom stereocenters. The molecule has 1 aromatic heterocycles. The van der Waals surface area contributed by atoms with E-state index < -0.39 is 0 Å². The lowest BCUT2D eigenvalue weighted by atomic mass is 10.1. The molecular formula is C13H17N3O2. The fourth-order valence-electron chi connectivity index (χ4n) is 1.68. The zero-order valence-electron chi connectivity index (χ0n) is 10.8. The number of nitrogens with two attached hydrogens (primary N) is 1.